The lowest BCUT2D eigenvalue weighted by atomic mass is 9.98. The molecule has 0 radical (unpaired) electrons. The molecule has 0 N–H and O–H groups in total. The van der Waals surface area contributed by atoms with Gasteiger partial charge in [0.05, 0.1) is 5.39 Å². The van der Waals surface area contributed by atoms with Crippen LogP contribution in [0.25, 0.3) is 10.8 Å². The van der Waals surface area contributed by atoms with Crippen molar-refractivity contribution in [3.63, 3.8) is 0 Å². The van der Waals surface area contributed by atoms with Crippen molar-refractivity contribution in [3.8, 4) is 0 Å². The SMILES string of the molecule is CCCn1nc(C(=O)OC(C(=O)c2ccc(C)cc2)c2ccc(C)cc2)c2ccccc2c1=O. The van der Waals surface area contributed by atoms with E-state index in [0.29, 0.717) is 34.9 Å². The average Bonchev–Trinajstić information content (AvgIpc) is 2.85. The number of fused-ring (bicyclic) bond motifs is 1. The van der Waals surface area contributed by atoms with E-state index in [-0.39, 0.29) is 17.0 Å². The molecule has 3 aromatic carbocycles. The molecule has 0 amide bonds. The Hall–Kier alpha value is -4.06. The van der Waals surface area contributed by atoms with E-state index in [9.17, 15) is 14.4 Å². The number of esters is 1. The molecular formula is C28H26N2O4. The number of ketones is 1. The van der Waals surface area contributed by atoms with Crippen molar-refractivity contribution in [2.24, 2.45) is 0 Å². The van der Waals surface area contributed by atoms with E-state index >= 15 is 0 Å². The van der Waals surface area contributed by atoms with Gasteiger partial charge < -0.3 is 4.74 Å². The van der Waals surface area contributed by atoms with Gasteiger partial charge in [0.1, 0.15) is 0 Å². The van der Waals surface area contributed by atoms with Crippen LogP contribution in [-0.2, 0) is 11.3 Å². The summed E-state index contributed by atoms with van der Waals surface area (Å²) in [5.74, 6) is -1.09. The number of hydrogen-bond donors (Lipinski definition) is 0. The van der Waals surface area contributed by atoms with Crippen LogP contribution in [0.3, 0.4) is 0 Å². The summed E-state index contributed by atoms with van der Waals surface area (Å²) in [5, 5.41) is 5.10. The number of Topliss-reactive ketones (excluding diaryl/α,β-unsaturated/α-hetero) is 1. The normalized spacial score (nSPS) is 11.9. The lowest BCUT2D eigenvalue weighted by molar-refractivity contribution is 0.0274. The molecule has 0 saturated carbocycles. The summed E-state index contributed by atoms with van der Waals surface area (Å²) in [6.07, 6.45) is -0.472. The topological polar surface area (TPSA) is 78.3 Å². The first-order valence-electron chi connectivity index (χ1n) is 11.3. The minimum Gasteiger partial charge on any atom is -0.444 e. The number of rotatable bonds is 7. The second-order valence-corrected chi connectivity index (χ2v) is 8.35. The molecule has 4 rings (SSSR count). The molecule has 0 spiro atoms. The zero-order valence-electron chi connectivity index (χ0n) is 19.4. The van der Waals surface area contributed by atoms with Gasteiger partial charge in [-0.15, -0.1) is 0 Å². The predicted octanol–water partition coefficient (Wildman–Crippen LogP) is 5.20. The molecule has 0 bridgehead atoms. The van der Waals surface area contributed by atoms with Crippen LogP contribution in [0.2, 0.25) is 0 Å². The summed E-state index contributed by atoms with van der Waals surface area (Å²) in [7, 11) is 0. The van der Waals surface area contributed by atoms with E-state index in [1.807, 2.05) is 45.0 Å². The highest BCUT2D eigenvalue weighted by atomic mass is 16.5. The van der Waals surface area contributed by atoms with Gasteiger partial charge in [-0.25, -0.2) is 9.48 Å². The lowest BCUT2D eigenvalue weighted by Crippen LogP contribution is -2.28. The van der Waals surface area contributed by atoms with Crippen LogP contribution < -0.4 is 5.56 Å². The zero-order valence-corrected chi connectivity index (χ0v) is 19.4. The summed E-state index contributed by atoms with van der Waals surface area (Å²) in [5.41, 5.74) is 2.80. The van der Waals surface area contributed by atoms with Crippen LogP contribution in [0.4, 0.5) is 0 Å². The van der Waals surface area contributed by atoms with Gasteiger partial charge in [0.2, 0.25) is 5.78 Å². The lowest BCUT2D eigenvalue weighted by Gasteiger charge is -2.18. The van der Waals surface area contributed by atoms with Crippen LogP contribution in [0.5, 0.6) is 0 Å². The maximum atomic E-state index is 13.4. The highest BCUT2D eigenvalue weighted by Gasteiger charge is 2.29. The Balaban J connectivity index is 1.78. The second-order valence-electron chi connectivity index (χ2n) is 8.35. The quantitative estimate of drug-likeness (QED) is 0.283. The Morgan fingerprint density at radius 3 is 2.09 bits per heavy atom. The summed E-state index contributed by atoms with van der Waals surface area (Å²) in [4.78, 5) is 39.6. The summed E-state index contributed by atoms with van der Waals surface area (Å²) >= 11 is 0. The van der Waals surface area contributed by atoms with Crippen molar-refractivity contribution >= 4 is 22.5 Å². The molecule has 1 atom stereocenters. The Labute approximate surface area is 197 Å². The highest BCUT2D eigenvalue weighted by Crippen LogP contribution is 2.26. The first-order valence-corrected chi connectivity index (χ1v) is 11.3. The van der Waals surface area contributed by atoms with Gasteiger partial charge in [-0.3, -0.25) is 9.59 Å². The fraction of sp³-hybridized carbons (Fsp3) is 0.214. The first-order chi connectivity index (χ1) is 16.4. The number of aryl methyl sites for hydroxylation is 3. The molecule has 4 aromatic rings. The minimum absolute atomic E-state index is 0.0115. The van der Waals surface area contributed by atoms with E-state index in [1.54, 1.807) is 48.5 Å². The zero-order chi connectivity index (χ0) is 24.2. The number of benzene rings is 3. The highest BCUT2D eigenvalue weighted by molar-refractivity contribution is 6.05. The fourth-order valence-corrected chi connectivity index (χ4v) is 3.80. The van der Waals surface area contributed by atoms with Crippen LogP contribution in [0.1, 0.15) is 57.0 Å². The molecule has 0 aliphatic carbocycles. The summed E-state index contributed by atoms with van der Waals surface area (Å²) in [6, 6.07) is 21.2. The Bertz CT molecular complexity index is 1400. The Morgan fingerprint density at radius 1 is 0.882 bits per heavy atom. The molecule has 0 aliphatic heterocycles. The molecular weight excluding hydrogens is 428 g/mol. The number of carbonyl (C=O) groups excluding carboxylic acids is 2. The number of ether oxygens (including phenoxy) is 1. The average molecular weight is 455 g/mol. The molecule has 1 aromatic heterocycles. The maximum absolute atomic E-state index is 13.4. The predicted molar refractivity (Wildman–Crippen MR) is 131 cm³/mol. The molecule has 0 aliphatic rings. The van der Waals surface area contributed by atoms with Gasteiger partial charge in [0.15, 0.2) is 11.8 Å². The number of aromatic nitrogens is 2. The largest absolute Gasteiger partial charge is 0.444 e. The minimum atomic E-state index is -1.15. The third-order valence-electron chi connectivity index (χ3n) is 5.68. The van der Waals surface area contributed by atoms with Crippen molar-refractivity contribution in [1.82, 2.24) is 9.78 Å². The fourth-order valence-electron chi connectivity index (χ4n) is 3.80. The molecule has 172 valence electrons. The van der Waals surface area contributed by atoms with Crippen LogP contribution in [-0.4, -0.2) is 21.5 Å². The standard InChI is InChI=1S/C28H26N2O4/c1-4-17-30-27(32)23-8-6-5-7-22(23)24(29-30)28(33)34-26(21-15-11-19(3)12-16-21)25(31)20-13-9-18(2)10-14-20/h5-16,26H,4,17H2,1-3H3. The van der Waals surface area contributed by atoms with E-state index < -0.39 is 12.1 Å². The van der Waals surface area contributed by atoms with Gasteiger partial charge in [-0.2, -0.15) is 5.10 Å². The van der Waals surface area contributed by atoms with Gasteiger partial charge in [-0.05, 0) is 26.3 Å². The number of carbonyl (C=O) groups is 2. The van der Waals surface area contributed by atoms with Crippen molar-refractivity contribution in [2.45, 2.75) is 39.8 Å². The monoisotopic (exact) mass is 454 g/mol. The van der Waals surface area contributed by atoms with Gasteiger partial charge in [0.25, 0.3) is 5.56 Å². The van der Waals surface area contributed by atoms with E-state index in [2.05, 4.69) is 5.10 Å². The van der Waals surface area contributed by atoms with Crippen molar-refractivity contribution in [1.29, 1.82) is 0 Å². The summed E-state index contributed by atoms with van der Waals surface area (Å²) in [6.45, 7) is 6.18. The molecule has 1 heterocycles. The maximum Gasteiger partial charge on any atom is 0.360 e. The third-order valence-corrected chi connectivity index (χ3v) is 5.68. The number of hydrogen-bond acceptors (Lipinski definition) is 5. The molecule has 1 unspecified atom stereocenters. The smallest absolute Gasteiger partial charge is 0.360 e. The first kappa shape index (κ1) is 23.1. The molecule has 0 fully saturated rings. The van der Waals surface area contributed by atoms with E-state index in [4.69, 9.17) is 4.74 Å². The second kappa shape index (κ2) is 9.83. The van der Waals surface area contributed by atoms with Gasteiger partial charge >= 0.3 is 5.97 Å². The van der Waals surface area contributed by atoms with E-state index in [1.165, 1.54) is 4.68 Å². The molecule has 34 heavy (non-hydrogen) atoms. The van der Waals surface area contributed by atoms with Crippen molar-refractivity contribution < 1.29 is 14.3 Å². The summed E-state index contributed by atoms with van der Waals surface area (Å²) < 4.78 is 7.10. The van der Waals surface area contributed by atoms with Crippen molar-refractivity contribution in [3.05, 3.63) is 111 Å². The van der Waals surface area contributed by atoms with E-state index in [0.717, 1.165) is 11.1 Å². The van der Waals surface area contributed by atoms with Gasteiger partial charge in [0, 0.05) is 23.1 Å². The molecule has 6 heteroatoms. The third kappa shape index (κ3) is 4.66. The van der Waals surface area contributed by atoms with Crippen molar-refractivity contribution in [2.75, 3.05) is 0 Å². The molecule has 6 nitrogen and oxygen atoms in total. The number of nitrogens with zero attached hydrogens (tertiary/aromatic N) is 2. The van der Waals surface area contributed by atoms with Crippen LogP contribution in [0, 0.1) is 13.8 Å². The van der Waals surface area contributed by atoms with Crippen LogP contribution in [0.15, 0.2) is 77.6 Å². The Kier molecular flexibility index (Phi) is 6.68. The van der Waals surface area contributed by atoms with Gasteiger partial charge in [-0.1, -0.05) is 84.8 Å². The molecule has 0 saturated heterocycles. The van der Waals surface area contributed by atoms with Crippen LogP contribution >= 0.6 is 0 Å². The Morgan fingerprint density at radius 2 is 1.47 bits per heavy atom.